The van der Waals surface area contributed by atoms with Gasteiger partial charge in [0.25, 0.3) is 11.6 Å². The topological polar surface area (TPSA) is 100 Å². The number of rotatable bonds is 4. The van der Waals surface area contributed by atoms with Crippen molar-refractivity contribution in [3.05, 3.63) is 39.6 Å². The maximum absolute atomic E-state index is 12.1. The average Bonchev–Trinajstić information content (AvgIpc) is 2.81. The van der Waals surface area contributed by atoms with E-state index in [1.165, 1.54) is 6.07 Å². The molecule has 2 N–H and O–H groups in total. The molecule has 0 atom stereocenters. The number of hydrogen-bond acceptors (Lipinski definition) is 4. The minimum Gasteiger partial charge on any atom is -0.345 e. The third-order valence-electron chi connectivity index (χ3n) is 3.36. The Morgan fingerprint density at radius 2 is 2.19 bits per heavy atom. The summed E-state index contributed by atoms with van der Waals surface area (Å²) in [5.74, 6) is -0.411. The van der Waals surface area contributed by atoms with Gasteiger partial charge in [-0.05, 0) is 25.8 Å². The molecule has 0 spiro atoms. The van der Waals surface area contributed by atoms with Crippen LogP contribution in [0.2, 0.25) is 0 Å². The summed E-state index contributed by atoms with van der Waals surface area (Å²) in [7, 11) is 0. The van der Waals surface area contributed by atoms with E-state index in [0.29, 0.717) is 16.5 Å². The number of H-pyrrole nitrogens is 1. The van der Waals surface area contributed by atoms with Gasteiger partial charge in [0.1, 0.15) is 11.2 Å². The first-order valence-electron chi connectivity index (χ1n) is 6.54. The molecule has 0 radical (unpaired) electrons. The predicted molar refractivity (Wildman–Crippen MR) is 80.6 cm³/mol. The molecule has 2 rings (SSSR count). The van der Waals surface area contributed by atoms with Gasteiger partial charge in [0.2, 0.25) is 0 Å². The number of hydrazone groups is 1. The molecule has 2 aromatic rings. The molecule has 0 bridgehead atoms. The van der Waals surface area contributed by atoms with Crippen LogP contribution in [-0.4, -0.2) is 21.5 Å². The lowest BCUT2D eigenvalue weighted by molar-refractivity contribution is -0.383. The standard InChI is InChI=1S/C14H16N4O3/c1-4-8(2)16-17-14(19)12-9(3)10-6-5-7-11(18(20)21)13(10)15-12/h5-7,15H,4H2,1-3H3,(H,17,19)/b16-8-. The first-order chi connectivity index (χ1) is 9.95. The van der Waals surface area contributed by atoms with E-state index in [1.54, 1.807) is 19.1 Å². The van der Waals surface area contributed by atoms with Gasteiger partial charge in [0.05, 0.1) is 4.92 Å². The molecule has 0 saturated heterocycles. The van der Waals surface area contributed by atoms with Crippen LogP contribution in [-0.2, 0) is 0 Å². The molecule has 0 fully saturated rings. The van der Waals surface area contributed by atoms with Crippen molar-refractivity contribution in [3.63, 3.8) is 0 Å². The Morgan fingerprint density at radius 1 is 1.48 bits per heavy atom. The number of carbonyl (C=O) groups excluding carboxylic acids is 1. The number of benzene rings is 1. The molecule has 1 aromatic carbocycles. The van der Waals surface area contributed by atoms with E-state index in [-0.39, 0.29) is 11.4 Å². The molecule has 0 unspecified atom stereocenters. The fourth-order valence-electron chi connectivity index (χ4n) is 2.00. The van der Waals surface area contributed by atoms with Gasteiger partial charge in [-0.15, -0.1) is 0 Å². The van der Waals surface area contributed by atoms with E-state index in [9.17, 15) is 14.9 Å². The highest BCUT2D eigenvalue weighted by Gasteiger charge is 2.20. The van der Waals surface area contributed by atoms with Gasteiger partial charge in [-0.25, -0.2) is 5.43 Å². The second-order valence-corrected chi connectivity index (χ2v) is 4.72. The van der Waals surface area contributed by atoms with Crippen molar-refractivity contribution in [2.45, 2.75) is 27.2 Å². The fourth-order valence-corrected chi connectivity index (χ4v) is 2.00. The van der Waals surface area contributed by atoms with E-state index in [2.05, 4.69) is 15.5 Å². The molecular weight excluding hydrogens is 272 g/mol. The molecule has 7 heteroatoms. The van der Waals surface area contributed by atoms with Gasteiger partial charge < -0.3 is 4.98 Å². The number of hydrogen-bond donors (Lipinski definition) is 2. The largest absolute Gasteiger partial charge is 0.345 e. The van der Waals surface area contributed by atoms with Crippen LogP contribution in [0.3, 0.4) is 0 Å². The van der Waals surface area contributed by atoms with Crippen LogP contribution >= 0.6 is 0 Å². The number of non-ortho nitro benzene ring substituents is 1. The summed E-state index contributed by atoms with van der Waals surface area (Å²) in [6, 6.07) is 4.74. The van der Waals surface area contributed by atoms with Crippen LogP contribution in [0, 0.1) is 17.0 Å². The van der Waals surface area contributed by atoms with Gasteiger partial charge in [0, 0.05) is 17.2 Å². The highest BCUT2D eigenvalue weighted by atomic mass is 16.6. The van der Waals surface area contributed by atoms with Crippen LogP contribution in [0.4, 0.5) is 5.69 Å². The second kappa shape index (κ2) is 5.74. The number of para-hydroxylation sites is 1. The van der Waals surface area contributed by atoms with Crippen molar-refractivity contribution < 1.29 is 9.72 Å². The third-order valence-corrected chi connectivity index (χ3v) is 3.36. The predicted octanol–water partition coefficient (Wildman–Crippen LogP) is 2.90. The number of nitro groups is 1. The summed E-state index contributed by atoms with van der Waals surface area (Å²) < 4.78 is 0. The number of fused-ring (bicyclic) bond motifs is 1. The van der Waals surface area contributed by atoms with Crippen LogP contribution in [0.25, 0.3) is 10.9 Å². The number of carbonyl (C=O) groups is 1. The van der Waals surface area contributed by atoms with E-state index >= 15 is 0 Å². The zero-order valence-corrected chi connectivity index (χ0v) is 12.1. The number of nitrogens with zero attached hydrogens (tertiary/aromatic N) is 2. The maximum atomic E-state index is 12.1. The van der Waals surface area contributed by atoms with Gasteiger partial charge in [-0.2, -0.15) is 5.10 Å². The minimum atomic E-state index is -0.473. The summed E-state index contributed by atoms with van der Waals surface area (Å²) in [6.45, 7) is 5.49. The molecule has 0 aliphatic heterocycles. The first-order valence-corrected chi connectivity index (χ1v) is 6.54. The van der Waals surface area contributed by atoms with Gasteiger partial charge in [0.15, 0.2) is 0 Å². The van der Waals surface area contributed by atoms with Crippen LogP contribution < -0.4 is 5.43 Å². The Kier molecular flexibility index (Phi) is 4.02. The first kappa shape index (κ1) is 14.7. The number of amides is 1. The summed E-state index contributed by atoms with van der Waals surface area (Å²) in [4.78, 5) is 25.5. The number of aromatic amines is 1. The van der Waals surface area contributed by atoms with Gasteiger partial charge in [-0.1, -0.05) is 19.1 Å². The Labute approximate surface area is 121 Å². The lowest BCUT2D eigenvalue weighted by atomic mass is 10.1. The van der Waals surface area contributed by atoms with E-state index in [1.807, 2.05) is 13.8 Å². The number of nitro benzene ring substituents is 1. The normalized spacial score (nSPS) is 11.7. The van der Waals surface area contributed by atoms with E-state index in [4.69, 9.17) is 0 Å². The van der Waals surface area contributed by atoms with Crippen molar-refractivity contribution >= 4 is 28.2 Å². The Balaban J connectivity index is 2.46. The monoisotopic (exact) mass is 288 g/mol. The molecule has 1 aromatic heterocycles. The summed E-state index contributed by atoms with van der Waals surface area (Å²) in [6.07, 6.45) is 0.734. The Bertz CT molecular complexity index is 746. The molecule has 1 amide bonds. The molecule has 0 aliphatic carbocycles. The highest BCUT2D eigenvalue weighted by molar-refractivity contribution is 6.03. The summed E-state index contributed by atoms with van der Waals surface area (Å²) in [5, 5.41) is 15.6. The molecule has 21 heavy (non-hydrogen) atoms. The van der Waals surface area contributed by atoms with Gasteiger partial charge >= 0.3 is 0 Å². The Morgan fingerprint density at radius 3 is 2.81 bits per heavy atom. The second-order valence-electron chi connectivity index (χ2n) is 4.72. The molecular formula is C14H16N4O3. The average molecular weight is 288 g/mol. The van der Waals surface area contributed by atoms with Crippen molar-refractivity contribution in [2.24, 2.45) is 5.10 Å². The van der Waals surface area contributed by atoms with Crippen molar-refractivity contribution in [3.8, 4) is 0 Å². The van der Waals surface area contributed by atoms with Gasteiger partial charge in [-0.3, -0.25) is 14.9 Å². The quantitative estimate of drug-likeness (QED) is 0.514. The molecule has 7 nitrogen and oxygen atoms in total. The van der Waals surface area contributed by atoms with Crippen LogP contribution in [0.1, 0.15) is 36.3 Å². The fraction of sp³-hybridized carbons (Fsp3) is 0.286. The molecule has 110 valence electrons. The zero-order chi connectivity index (χ0) is 15.6. The molecule has 0 saturated carbocycles. The highest BCUT2D eigenvalue weighted by Crippen LogP contribution is 2.29. The number of nitrogens with one attached hydrogen (secondary N) is 2. The Hall–Kier alpha value is -2.70. The molecule has 1 heterocycles. The number of aromatic nitrogens is 1. The molecule has 0 aliphatic rings. The van der Waals surface area contributed by atoms with Crippen molar-refractivity contribution in [1.29, 1.82) is 0 Å². The van der Waals surface area contributed by atoms with Crippen molar-refractivity contribution in [1.82, 2.24) is 10.4 Å². The summed E-state index contributed by atoms with van der Waals surface area (Å²) >= 11 is 0. The third kappa shape index (κ3) is 2.76. The summed E-state index contributed by atoms with van der Waals surface area (Å²) in [5.41, 5.74) is 4.48. The zero-order valence-electron chi connectivity index (χ0n) is 12.1. The van der Waals surface area contributed by atoms with E-state index < -0.39 is 10.8 Å². The number of aryl methyl sites for hydroxylation is 1. The SMILES string of the molecule is CC/C(C)=N\NC(=O)c1[nH]c2c([N+](=O)[O-])cccc2c1C. The maximum Gasteiger partial charge on any atom is 0.293 e. The smallest absolute Gasteiger partial charge is 0.293 e. The van der Waals surface area contributed by atoms with Crippen molar-refractivity contribution in [2.75, 3.05) is 0 Å². The lowest BCUT2D eigenvalue weighted by Gasteiger charge is -2.00. The van der Waals surface area contributed by atoms with E-state index in [0.717, 1.165) is 12.1 Å². The van der Waals surface area contributed by atoms with Crippen LogP contribution in [0.5, 0.6) is 0 Å². The lowest BCUT2D eigenvalue weighted by Crippen LogP contribution is -2.20. The van der Waals surface area contributed by atoms with Crippen LogP contribution in [0.15, 0.2) is 23.3 Å². The minimum absolute atomic E-state index is 0.0529.